The summed E-state index contributed by atoms with van der Waals surface area (Å²) in [5.41, 5.74) is 2.54. The molecule has 0 unspecified atom stereocenters. The number of nitrogens with one attached hydrogen (secondary N) is 2. The molecule has 2 N–H and O–H groups in total. The first-order valence-corrected chi connectivity index (χ1v) is 8.93. The van der Waals surface area contributed by atoms with E-state index in [4.69, 9.17) is 23.8 Å². The van der Waals surface area contributed by atoms with Crippen molar-refractivity contribution in [1.29, 1.82) is 0 Å². The van der Waals surface area contributed by atoms with E-state index < -0.39 is 0 Å². The Kier molecular flexibility index (Phi) is 5.08. The standard InChI is InChI=1S/C17H14ClN3OS2/c1-2-15(22)21-17(23)20-13-9-10(7-8-11(13)18)16-19-12-5-3-4-6-14(12)24-16/h3-9H,2H2,1H3,(H2,20,21,22,23). The molecule has 0 saturated heterocycles. The molecule has 0 aliphatic heterocycles. The molecule has 0 spiro atoms. The Hall–Kier alpha value is -2.02. The Bertz CT molecular complexity index is 890. The van der Waals surface area contributed by atoms with Gasteiger partial charge in [0.25, 0.3) is 0 Å². The van der Waals surface area contributed by atoms with E-state index in [1.165, 1.54) is 0 Å². The highest BCUT2D eigenvalue weighted by Gasteiger charge is 2.10. The van der Waals surface area contributed by atoms with Gasteiger partial charge in [-0.1, -0.05) is 36.7 Å². The fourth-order valence-electron chi connectivity index (χ4n) is 2.12. The minimum Gasteiger partial charge on any atom is -0.331 e. The summed E-state index contributed by atoms with van der Waals surface area (Å²) in [6.07, 6.45) is 0.362. The zero-order valence-corrected chi connectivity index (χ0v) is 15.2. The average Bonchev–Trinajstić information content (AvgIpc) is 3.00. The number of hydrogen-bond acceptors (Lipinski definition) is 4. The van der Waals surface area contributed by atoms with Crippen molar-refractivity contribution in [3.8, 4) is 10.6 Å². The van der Waals surface area contributed by atoms with Crippen LogP contribution < -0.4 is 10.6 Å². The number of nitrogens with zero attached hydrogens (tertiary/aromatic N) is 1. The van der Waals surface area contributed by atoms with Gasteiger partial charge in [0, 0.05) is 12.0 Å². The van der Waals surface area contributed by atoms with Crippen LogP contribution in [0.1, 0.15) is 13.3 Å². The van der Waals surface area contributed by atoms with Gasteiger partial charge in [-0.2, -0.15) is 0 Å². The van der Waals surface area contributed by atoms with Gasteiger partial charge >= 0.3 is 0 Å². The maximum absolute atomic E-state index is 11.4. The number of thiocarbonyl (C=S) groups is 1. The van der Waals surface area contributed by atoms with Crippen molar-refractivity contribution in [2.75, 3.05) is 5.32 Å². The Morgan fingerprint density at radius 3 is 2.83 bits per heavy atom. The third-order valence-corrected chi connectivity index (χ3v) is 4.95. The van der Waals surface area contributed by atoms with Crippen molar-refractivity contribution >= 4 is 62.1 Å². The molecular weight excluding hydrogens is 362 g/mol. The number of halogens is 1. The number of para-hydroxylation sites is 1. The maximum Gasteiger partial charge on any atom is 0.225 e. The largest absolute Gasteiger partial charge is 0.331 e. The predicted molar refractivity (Wildman–Crippen MR) is 105 cm³/mol. The second kappa shape index (κ2) is 7.25. The monoisotopic (exact) mass is 375 g/mol. The molecule has 0 fully saturated rings. The highest BCUT2D eigenvalue weighted by molar-refractivity contribution is 7.80. The van der Waals surface area contributed by atoms with Gasteiger partial charge in [-0.25, -0.2) is 4.98 Å². The molecule has 1 heterocycles. The summed E-state index contributed by atoms with van der Waals surface area (Å²) in [6.45, 7) is 1.76. The predicted octanol–water partition coefficient (Wildman–Crippen LogP) is 4.84. The Labute approximate surface area is 153 Å². The van der Waals surface area contributed by atoms with Gasteiger partial charge in [-0.15, -0.1) is 11.3 Å². The summed E-state index contributed by atoms with van der Waals surface area (Å²) >= 11 is 13.0. The van der Waals surface area contributed by atoms with Crippen LogP contribution in [0.25, 0.3) is 20.8 Å². The van der Waals surface area contributed by atoms with Crippen molar-refractivity contribution in [2.45, 2.75) is 13.3 Å². The van der Waals surface area contributed by atoms with Crippen LogP contribution >= 0.6 is 35.2 Å². The smallest absolute Gasteiger partial charge is 0.225 e. The van der Waals surface area contributed by atoms with E-state index in [0.29, 0.717) is 17.1 Å². The summed E-state index contributed by atoms with van der Waals surface area (Å²) in [4.78, 5) is 16.0. The van der Waals surface area contributed by atoms with Crippen LogP contribution in [0.2, 0.25) is 5.02 Å². The molecule has 7 heteroatoms. The molecule has 1 amide bonds. The number of carbonyl (C=O) groups is 1. The first-order chi connectivity index (χ1) is 11.6. The number of benzene rings is 2. The minimum atomic E-state index is -0.147. The zero-order valence-electron chi connectivity index (χ0n) is 12.8. The van der Waals surface area contributed by atoms with Crippen LogP contribution in [-0.2, 0) is 4.79 Å². The zero-order chi connectivity index (χ0) is 17.1. The van der Waals surface area contributed by atoms with E-state index in [0.717, 1.165) is 20.8 Å². The fourth-order valence-corrected chi connectivity index (χ4v) is 3.47. The number of amides is 1. The van der Waals surface area contributed by atoms with Gasteiger partial charge in [0.2, 0.25) is 5.91 Å². The molecule has 3 aromatic rings. The van der Waals surface area contributed by atoms with Crippen LogP contribution in [-0.4, -0.2) is 16.0 Å². The van der Waals surface area contributed by atoms with Gasteiger partial charge in [-0.05, 0) is 36.5 Å². The average molecular weight is 376 g/mol. The summed E-state index contributed by atoms with van der Waals surface area (Å²) in [5, 5.41) is 7.21. The number of rotatable bonds is 3. The molecule has 0 saturated carbocycles. The van der Waals surface area contributed by atoms with E-state index in [1.807, 2.05) is 36.4 Å². The van der Waals surface area contributed by atoms with Gasteiger partial charge in [0.15, 0.2) is 5.11 Å². The minimum absolute atomic E-state index is 0.147. The molecule has 0 radical (unpaired) electrons. The van der Waals surface area contributed by atoms with E-state index >= 15 is 0 Å². The maximum atomic E-state index is 11.4. The topological polar surface area (TPSA) is 54.0 Å². The summed E-state index contributed by atoms with van der Waals surface area (Å²) in [5.74, 6) is -0.147. The molecule has 0 aliphatic carbocycles. The summed E-state index contributed by atoms with van der Waals surface area (Å²) in [7, 11) is 0. The van der Waals surface area contributed by atoms with Gasteiger partial charge < -0.3 is 10.6 Å². The van der Waals surface area contributed by atoms with Gasteiger partial charge in [0.05, 0.1) is 20.9 Å². The number of fused-ring (bicyclic) bond motifs is 1. The van der Waals surface area contributed by atoms with E-state index in [-0.39, 0.29) is 11.0 Å². The van der Waals surface area contributed by atoms with E-state index in [2.05, 4.69) is 15.6 Å². The van der Waals surface area contributed by atoms with Crippen molar-refractivity contribution in [3.05, 3.63) is 47.5 Å². The molecule has 122 valence electrons. The molecule has 24 heavy (non-hydrogen) atoms. The van der Waals surface area contributed by atoms with Crippen LogP contribution in [0.15, 0.2) is 42.5 Å². The van der Waals surface area contributed by atoms with Gasteiger partial charge in [-0.3, -0.25) is 4.79 Å². The lowest BCUT2D eigenvalue weighted by Gasteiger charge is -2.11. The Morgan fingerprint density at radius 2 is 2.08 bits per heavy atom. The molecule has 1 aromatic heterocycles. The number of aromatic nitrogens is 1. The Balaban J connectivity index is 1.88. The van der Waals surface area contributed by atoms with Gasteiger partial charge in [0.1, 0.15) is 5.01 Å². The highest BCUT2D eigenvalue weighted by atomic mass is 35.5. The lowest BCUT2D eigenvalue weighted by Crippen LogP contribution is -2.33. The summed E-state index contributed by atoms with van der Waals surface area (Å²) in [6, 6.07) is 13.6. The van der Waals surface area contributed by atoms with Crippen LogP contribution in [0.4, 0.5) is 5.69 Å². The highest BCUT2D eigenvalue weighted by Crippen LogP contribution is 2.33. The van der Waals surface area contributed by atoms with Crippen molar-refractivity contribution in [3.63, 3.8) is 0 Å². The second-order valence-corrected chi connectivity index (χ2v) is 6.88. The molecular formula is C17H14ClN3OS2. The lowest BCUT2D eigenvalue weighted by molar-refractivity contribution is -0.119. The third-order valence-electron chi connectivity index (χ3n) is 3.33. The molecule has 3 rings (SSSR count). The normalized spacial score (nSPS) is 10.6. The SMILES string of the molecule is CCC(=O)NC(=S)Nc1cc(-c2nc3ccccc3s2)ccc1Cl. The second-order valence-electron chi connectivity index (χ2n) is 5.04. The van der Waals surface area contributed by atoms with E-state index in [1.54, 1.807) is 24.3 Å². The third kappa shape index (κ3) is 3.72. The van der Waals surface area contributed by atoms with Crippen LogP contribution in [0, 0.1) is 0 Å². The number of anilines is 1. The first-order valence-electron chi connectivity index (χ1n) is 7.33. The van der Waals surface area contributed by atoms with Crippen LogP contribution in [0.3, 0.4) is 0 Å². The summed E-state index contributed by atoms with van der Waals surface area (Å²) < 4.78 is 1.13. The van der Waals surface area contributed by atoms with Crippen molar-refractivity contribution in [2.24, 2.45) is 0 Å². The van der Waals surface area contributed by atoms with Crippen molar-refractivity contribution in [1.82, 2.24) is 10.3 Å². The lowest BCUT2D eigenvalue weighted by atomic mass is 10.2. The molecule has 2 aromatic carbocycles. The number of carbonyl (C=O) groups excluding carboxylic acids is 1. The quantitative estimate of drug-likeness (QED) is 0.643. The number of thiazole rings is 1. The molecule has 4 nitrogen and oxygen atoms in total. The number of hydrogen-bond donors (Lipinski definition) is 2. The van der Waals surface area contributed by atoms with Crippen LogP contribution in [0.5, 0.6) is 0 Å². The van der Waals surface area contributed by atoms with E-state index in [9.17, 15) is 4.79 Å². The molecule has 0 bridgehead atoms. The molecule has 0 atom stereocenters. The Morgan fingerprint density at radius 1 is 1.29 bits per heavy atom. The molecule has 0 aliphatic rings. The van der Waals surface area contributed by atoms with Crippen molar-refractivity contribution < 1.29 is 4.79 Å². The first kappa shape index (κ1) is 16.8. The fraction of sp³-hybridized carbons (Fsp3) is 0.118.